The topological polar surface area (TPSA) is 45.1 Å². The molecule has 0 atom stereocenters. The summed E-state index contributed by atoms with van der Waals surface area (Å²) >= 11 is 12.6. The van der Waals surface area contributed by atoms with Gasteiger partial charge in [-0.15, -0.1) is 0 Å². The minimum atomic E-state index is 0.0742. The summed E-state index contributed by atoms with van der Waals surface area (Å²) in [5, 5.41) is 12.8. The Morgan fingerprint density at radius 3 is 2.72 bits per heavy atom. The molecule has 0 bridgehead atoms. The van der Waals surface area contributed by atoms with Gasteiger partial charge in [0.1, 0.15) is 5.75 Å². The maximum Gasteiger partial charge on any atom is 0.134 e. The SMILES string of the molecule is Oc1ccc(NCc2ncc(Br)cc2Br)cc1Cl. The zero-order valence-corrected chi connectivity index (χ0v) is 13.1. The van der Waals surface area contributed by atoms with E-state index in [1.165, 1.54) is 0 Å². The van der Waals surface area contributed by atoms with Crippen LogP contribution in [0.1, 0.15) is 5.69 Å². The van der Waals surface area contributed by atoms with Crippen LogP contribution in [0.3, 0.4) is 0 Å². The summed E-state index contributed by atoms with van der Waals surface area (Å²) in [5.41, 5.74) is 1.72. The Hall–Kier alpha value is -0.780. The molecule has 0 amide bonds. The monoisotopic (exact) mass is 390 g/mol. The van der Waals surface area contributed by atoms with E-state index in [-0.39, 0.29) is 5.75 Å². The molecule has 1 aromatic heterocycles. The first-order valence-corrected chi connectivity index (χ1v) is 7.05. The van der Waals surface area contributed by atoms with Gasteiger partial charge in [-0.05, 0) is 56.1 Å². The average Bonchev–Trinajstić information content (AvgIpc) is 2.32. The van der Waals surface area contributed by atoms with Crippen molar-refractivity contribution in [3.8, 4) is 5.75 Å². The fourth-order valence-corrected chi connectivity index (χ4v) is 2.68. The van der Waals surface area contributed by atoms with Crippen molar-refractivity contribution in [2.75, 3.05) is 5.32 Å². The van der Waals surface area contributed by atoms with Crippen molar-refractivity contribution in [2.45, 2.75) is 6.54 Å². The van der Waals surface area contributed by atoms with Crippen molar-refractivity contribution in [2.24, 2.45) is 0 Å². The van der Waals surface area contributed by atoms with Crippen LogP contribution >= 0.6 is 43.5 Å². The molecule has 6 heteroatoms. The summed E-state index contributed by atoms with van der Waals surface area (Å²) in [7, 11) is 0. The number of halogens is 3. The second-order valence-corrected chi connectivity index (χ2v) is 5.78. The summed E-state index contributed by atoms with van der Waals surface area (Å²) in [5.74, 6) is 0.0742. The Morgan fingerprint density at radius 2 is 2.06 bits per heavy atom. The summed E-state index contributed by atoms with van der Waals surface area (Å²) in [6.45, 7) is 0.564. The van der Waals surface area contributed by atoms with Crippen molar-refractivity contribution >= 4 is 49.1 Å². The standard InChI is InChI=1S/C12H9Br2ClN2O/c13-7-3-9(14)11(17-5-7)6-16-8-1-2-12(18)10(15)4-8/h1-5,16,18H,6H2. The first-order valence-electron chi connectivity index (χ1n) is 5.08. The first kappa shape index (κ1) is 13.6. The molecule has 0 saturated heterocycles. The van der Waals surface area contributed by atoms with Crippen molar-refractivity contribution in [1.82, 2.24) is 4.98 Å². The number of aromatic hydroxyl groups is 1. The molecule has 0 spiro atoms. The molecule has 2 N–H and O–H groups in total. The summed E-state index contributed by atoms with van der Waals surface area (Å²) < 4.78 is 1.85. The van der Waals surface area contributed by atoms with E-state index in [0.29, 0.717) is 11.6 Å². The predicted molar refractivity (Wildman–Crippen MR) is 80.1 cm³/mol. The second-order valence-electron chi connectivity index (χ2n) is 3.60. The molecule has 3 nitrogen and oxygen atoms in total. The highest BCUT2D eigenvalue weighted by Crippen LogP contribution is 2.27. The van der Waals surface area contributed by atoms with Gasteiger partial charge >= 0.3 is 0 Å². The van der Waals surface area contributed by atoms with E-state index < -0.39 is 0 Å². The summed E-state index contributed by atoms with van der Waals surface area (Å²) in [4.78, 5) is 4.29. The van der Waals surface area contributed by atoms with Crippen molar-refractivity contribution < 1.29 is 5.11 Å². The minimum Gasteiger partial charge on any atom is -0.506 e. The highest BCUT2D eigenvalue weighted by molar-refractivity contribution is 9.11. The van der Waals surface area contributed by atoms with Crippen molar-refractivity contribution in [3.63, 3.8) is 0 Å². The molecule has 2 rings (SSSR count). The number of anilines is 1. The number of phenols is 1. The lowest BCUT2D eigenvalue weighted by Crippen LogP contribution is -2.02. The molecule has 2 aromatic rings. The smallest absolute Gasteiger partial charge is 0.134 e. The van der Waals surface area contributed by atoms with Gasteiger partial charge in [-0.2, -0.15) is 0 Å². The zero-order valence-electron chi connectivity index (χ0n) is 9.12. The van der Waals surface area contributed by atoms with E-state index in [4.69, 9.17) is 11.6 Å². The predicted octanol–water partition coefficient (Wildman–Crippen LogP) is 4.58. The van der Waals surface area contributed by atoms with Crippen LogP contribution < -0.4 is 5.32 Å². The van der Waals surface area contributed by atoms with E-state index in [9.17, 15) is 5.11 Å². The van der Waals surface area contributed by atoms with E-state index in [1.54, 1.807) is 24.4 Å². The number of nitrogens with zero attached hydrogens (tertiary/aromatic N) is 1. The molecular weight excluding hydrogens is 383 g/mol. The van der Waals surface area contributed by atoms with Crippen molar-refractivity contribution in [1.29, 1.82) is 0 Å². The number of nitrogens with one attached hydrogen (secondary N) is 1. The summed E-state index contributed by atoms with van der Waals surface area (Å²) in [6.07, 6.45) is 1.74. The molecular formula is C12H9Br2ClN2O. The van der Waals surface area contributed by atoms with Gasteiger partial charge in [-0.25, -0.2) is 0 Å². The molecule has 1 aromatic carbocycles. The normalized spacial score (nSPS) is 10.4. The molecule has 0 radical (unpaired) electrons. The molecule has 1 heterocycles. The minimum absolute atomic E-state index is 0.0742. The molecule has 0 fully saturated rings. The molecule has 94 valence electrons. The Labute approximate surface area is 126 Å². The lowest BCUT2D eigenvalue weighted by molar-refractivity contribution is 0.475. The molecule has 0 aliphatic heterocycles. The Morgan fingerprint density at radius 1 is 1.28 bits per heavy atom. The van der Waals surface area contributed by atoms with Crippen LogP contribution in [0.4, 0.5) is 5.69 Å². The van der Waals surface area contributed by atoms with Gasteiger partial charge in [0.15, 0.2) is 0 Å². The number of pyridine rings is 1. The Bertz CT molecular complexity index is 578. The fraction of sp³-hybridized carbons (Fsp3) is 0.0833. The average molecular weight is 392 g/mol. The summed E-state index contributed by atoms with van der Waals surface area (Å²) in [6, 6.07) is 6.92. The zero-order chi connectivity index (χ0) is 13.1. The molecule has 0 unspecified atom stereocenters. The fourth-order valence-electron chi connectivity index (χ4n) is 1.38. The lowest BCUT2D eigenvalue weighted by atomic mass is 10.3. The van der Waals surface area contributed by atoms with Crippen molar-refractivity contribution in [3.05, 3.63) is 50.1 Å². The molecule has 0 aliphatic rings. The van der Waals surface area contributed by atoms with Crippen LogP contribution in [-0.4, -0.2) is 10.1 Å². The number of benzene rings is 1. The van der Waals surface area contributed by atoms with Gasteiger partial charge in [0.2, 0.25) is 0 Å². The van der Waals surface area contributed by atoms with Gasteiger partial charge < -0.3 is 10.4 Å². The maximum absolute atomic E-state index is 9.32. The Balaban J connectivity index is 2.09. The number of rotatable bonds is 3. The van der Waals surface area contributed by atoms with Gasteiger partial charge in [-0.1, -0.05) is 11.6 Å². The van der Waals surface area contributed by atoms with E-state index in [1.807, 2.05) is 6.07 Å². The first-order chi connectivity index (χ1) is 8.56. The van der Waals surface area contributed by atoms with Gasteiger partial charge in [0.05, 0.1) is 17.3 Å². The molecule has 0 saturated carbocycles. The van der Waals surface area contributed by atoms with E-state index in [2.05, 4.69) is 42.2 Å². The number of aromatic nitrogens is 1. The van der Waals surface area contributed by atoms with E-state index >= 15 is 0 Å². The van der Waals surface area contributed by atoms with Crippen LogP contribution in [0.15, 0.2) is 39.4 Å². The molecule has 18 heavy (non-hydrogen) atoms. The van der Waals surface area contributed by atoms with Crippen LogP contribution in [0.5, 0.6) is 5.75 Å². The molecule has 0 aliphatic carbocycles. The van der Waals surface area contributed by atoms with Gasteiger partial charge in [0, 0.05) is 20.8 Å². The Kier molecular flexibility index (Phi) is 4.48. The number of phenolic OH excluding ortho intramolecular Hbond substituents is 1. The van der Waals surface area contributed by atoms with Crippen LogP contribution in [0, 0.1) is 0 Å². The number of hydrogen-bond acceptors (Lipinski definition) is 3. The second kappa shape index (κ2) is 5.91. The highest BCUT2D eigenvalue weighted by atomic mass is 79.9. The largest absolute Gasteiger partial charge is 0.506 e. The third-order valence-electron chi connectivity index (χ3n) is 2.29. The maximum atomic E-state index is 9.32. The van der Waals surface area contributed by atoms with Gasteiger partial charge in [-0.3, -0.25) is 4.98 Å². The third-order valence-corrected chi connectivity index (χ3v) is 3.71. The van der Waals surface area contributed by atoms with Crippen LogP contribution in [-0.2, 0) is 6.54 Å². The number of hydrogen-bond donors (Lipinski definition) is 2. The van der Waals surface area contributed by atoms with Crippen LogP contribution in [0.25, 0.3) is 0 Å². The lowest BCUT2D eigenvalue weighted by Gasteiger charge is -2.08. The van der Waals surface area contributed by atoms with Gasteiger partial charge in [0.25, 0.3) is 0 Å². The highest BCUT2D eigenvalue weighted by Gasteiger charge is 2.04. The van der Waals surface area contributed by atoms with E-state index in [0.717, 1.165) is 20.3 Å². The quantitative estimate of drug-likeness (QED) is 0.752. The van der Waals surface area contributed by atoms with Crippen LogP contribution in [0.2, 0.25) is 5.02 Å². The third kappa shape index (κ3) is 3.37.